The molecule has 1 aliphatic carbocycles. The van der Waals surface area contributed by atoms with E-state index in [1.54, 1.807) is 37.3 Å². The maximum atomic E-state index is 13.2. The standard InChI is InChI=1S/C25H28N2O4/c1-16(19-11-7-8-12-22(19)31-3)26(2)23(28)17-13-14-20-21(15-17)25(30)27(24(20)29)18-9-5-4-6-10-18/h7-8,11-16,18H,4-6,9-10H2,1-3H3. The van der Waals surface area contributed by atoms with Crippen LogP contribution >= 0.6 is 0 Å². The molecule has 2 aromatic carbocycles. The number of methoxy groups -OCH3 is 1. The summed E-state index contributed by atoms with van der Waals surface area (Å²) in [6, 6.07) is 12.2. The molecule has 1 saturated carbocycles. The molecule has 0 saturated heterocycles. The Hall–Kier alpha value is -3.15. The smallest absolute Gasteiger partial charge is 0.261 e. The summed E-state index contributed by atoms with van der Waals surface area (Å²) in [5.41, 5.74) is 2.03. The van der Waals surface area contributed by atoms with Crippen molar-refractivity contribution >= 4 is 17.7 Å². The third-order valence-electron chi connectivity index (χ3n) is 6.60. The average molecular weight is 421 g/mol. The van der Waals surface area contributed by atoms with Crippen LogP contribution in [0.4, 0.5) is 0 Å². The van der Waals surface area contributed by atoms with E-state index in [-0.39, 0.29) is 29.8 Å². The van der Waals surface area contributed by atoms with Crippen LogP contribution in [0.5, 0.6) is 5.75 Å². The van der Waals surface area contributed by atoms with Crippen molar-refractivity contribution in [2.24, 2.45) is 0 Å². The summed E-state index contributed by atoms with van der Waals surface area (Å²) in [4.78, 5) is 42.2. The van der Waals surface area contributed by atoms with Gasteiger partial charge in [0.2, 0.25) is 0 Å². The Morgan fingerprint density at radius 1 is 1.03 bits per heavy atom. The van der Waals surface area contributed by atoms with E-state index >= 15 is 0 Å². The van der Waals surface area contributed by atoms with E-state index in [1.807, 2.05) is 31.2 Å². The van der Waals surface area contributed by atoms with E-state index in [0.29, 0.717) is 22.4 Å². The summed E-state index contributed by atoms with van der Waals surface area (Å²) < 4.78 is 5.43. The number of hydrogen-bond donors (Lipinski definition) is 0. The normalized spacial score (nSPS) is 17.5. The van der Waals surface area contributed by atoms with Crippen molar-refractivity contribution in [1.82, 2.24) is 9.80 Å². The van der Waals surface area contributed by atoms with Crippen LogP contribution in [0.2, 0.25) is 0 Å². The Morgan fingerprint density at radius 3 is 2.42 bits per heavy atom. The molecule has 0 aromatic heterocycles. The fourth-order valence-electron chi connectivity index (χ4n) is 4.66. The third kappa shape index (κ3) is 3.71. The molecule has 2 aromatic rings. The van der Waals surface area contributed by atoms with Crippen molar-refractivity contribution in [3.05, 3.63) is 64.7 Å². The maximum absolute atomic E-state index is 13.2. The van der Waals surface area contributed by atoms with Crippen LogP contribution in [-0.2, 0) is 0 Å². The number of benzene rings is 2. The van der Waals surface area contributed by atoms with Crippen LogP contribution < -0.4 is 4.74 Å². The SMILES string of the molecule is COc1ccccc1C(C)N(C)C(=O)c1ccc2c(c1)C(=O)N(C1CCCCC1)C2=O. The number of nitrogens with zero attached hydrogens (tertiary/aromatic N) is 2. The molecular formula is C25H28N2O4. The molecule has 0 bridgehead atoms. The molecule has 31 heavy (non-hydrogen) atoms. The molecule has 6 nitrogen and oxygen atoms in total. The second-order valence-corrected chi connectivity index (χ2v) is 8.37. The van der Waals surface area contributed by atoms with Crippen LogP contribution in [0.3, 0.4) is 0 Å². The fourth-order valence-corrected chi connectivity index (χ4v) is 4.66. The van der Waals surface area contributed by atoms with E-state index in [2.05, 4.69) is 0 Å². The summed E-state index contributed by atoms with van der Waals surface area (Å²) in [5, 5.41) is 0. The van der Waals surface area contributed by atoms with Crippen molar-refractivity contribution in [1.29, 1.82) is 0 Å². The molecule has 0 spiro atoms. The molecular weight excluding hydrogens is 392 g/mol. The molecule has 1 fully saturated rings. The second-order valence-electron chi connectivity index (χ2n) is 8.37. The highest BCUT2D eigenvalue weighted by Crippen LogP contribution is 2.33. The molecule has 1 atom stereocenters. The number of hydrogen-bond acceptors (Lipinski definition) is 4. The van der Waals surface area contributed by atoms with E-state index in [0.717, 1.165) is 37.7 Å². The first-order valence-electron chi connectivity index (χ1n) is 10.9. The number of para-hydroxylation sites is 1. The van der Waals surface area contributed by atoms with Gasteiger partial charge in [0.1, 0.15) is 5.75 Å². The maximum Gasteiger partial charge on any atom is 0.261 e. The van der Waals surface area contributed by atoms with Crippen molar-refractivity contribution in [2.75, 3.05) is 14.2 Å². The molecule has 1 heterocycles. The van der Waals surface area contributed by atoms with E-state index in [4.69, 9.17) is 4.74 Å². The van der Waals surface area contributed by atoms with Gasteiger partial charge in [0, 0.05) is 24.2 Å². The van der Waals surface area contributed by atoms with Crippen LogP contribution in [0.25, 0.3) is 0 Å². The van der Waals surface area contributed by atoms with Gasteiger partial charge in [0.05, 0.1) is 24.3 Å². The Kier molecular flexibility index (Phi) is 5.81. The number of rotatable bonds is 5. The number of carbonyl (C=O) groups excluding carboxylic acids is 3. The highest BCUT2D eigenvalue weighted by atomic mass is 16.5. The van der Waals surface area contributed by atoms with E-state index in [1.165, 1.54) is 4.90 Å². The van der Waals surface area contributed by atoms with Gasteiger partial charge in [-0.25, -0.2) is 0 Å². The highest BCUT2D eigenvalue weighted by Gasteiger charge is 2.40. The van der Waals surface area contributed by atoms with Crippen molar-refractivity contribution in [3.8, 4) is 5.75 Å². The second kappa shape index (κ2) is 8.53. The lowest BCUT2D eigenvalue weighted by Crippen LogP contribution is -2.40. The molecule has 3 amide bonds. The molecule has 1 unspecified atom stereocenters. The van der Waals surface area contributed by atoms with Crippen LogP contribution in [0.1, 0.15) is 81.7 Å². The average Bonchev–Trinajstić information content (AvgIpc) is 3.07. The number of carbonyl (C=O) groups is 3. The van der Waals surface area contributed by atoms with Crippen molar-refractivity contribution in [3.63, 3.8) is 0 Å². The minimum absolute atomic E-state index is 0.0338. The summed E-state index contributed by atoms with van der Waals surface area (Å²) in [5.74, 6) is -0.00584. The molecule has 4 rings (SSSR count). The predicted molar refractivity (Wildman–Crippen MR) is 117 cm³/mol. The van der Waals surface area contributed by atoms with Crippen molar-refractivity contribution < 1.29 is 19.1 Å². The summed E-state index contributed by atoms with van der Waals surface area (Å²) >= 11 is 0. The van der Waals surface area contributed by atoms with Crippen molar-refractivity contribution in [2.45, 2.75) is 51.1 Å². The van der Waals surface area contributed by atoms with Crippen LogP contribution in [0.15, 0.2) is 42.5 Å². The van der Waals surface area contributed by atoms with Crippen LogP contribution in [0, 0.1) is 0 Å². The van der Waals surface area contributed by atoms with E-state index < -0.39 is 0 Å². The van der Waals surface area contributed by atoms with Gasteiger partial charge in [-0.05, 0) is 44.0 Å². The van der Waals surface area contributed by atoms with Gasteiger partial charge < -0.3 is 9.64 Å². The minimum atomic E-state index is -0.276. The lowest BCUT2D eigenvalue weighted by Gasteiger charge is -2.29. The zero-order chi connectivity index (χ0) is 22.1. The number of fused-ring (bicyclic) bond motifs is 1. The predicted octanol–water partition coefficient (Wildman–Crippen LogP) is 4.46. The van der Waals surface area contributed by atoms with Gasteiger partial charge in [-0.2, -0.15) is 0 Å². The summed E-state index contributed by atoms with van der Waals surface area (Å²) in [6.07, 6.45) is 4.93. The van der Waals surface area contributed by atoms with Gasteiger partial charge >= 0.3 is 0 Å². The zero-order valence-electron chi connectivity index (χ0n) is 18.3. The monoisotopic (exact) mass is 420 g/mol. The lowest BCUT2D eigenvalue weighted by molar-refractivity contribution is 0.0548. The van der Waals surface area contributed by atoms with Crippen LogP contribution in [-0.4, -0.2) is 47.7 Å². The lowest BCUT2D eigenvalue weighted by atomic mass is 9.94. The van der Waals surface area contributed by atoms with E-state index in [9.17, 15) is 14.4 Å². The third-order valence-corrected chi connectivity index (χ3v) is 6.60. The van der Waals surface area contributed by atoms with Gasteiger partial charge in [0.25, 0.3) is 17.7 Å². The van der Waals surface area contributed by atoms with Gasteiger partial charge in [-0.1, -0.05) is 37.5 Å². The Balaban J connectivity index is 1.58. The van der Waals surface area contributed by atoms with Gasteiger partial charge in [-0.15, -0.1) is 0 Å². The largest absolute Gasteiger partial charge is 0.496 e. The Bertz CT molecular complexity index is 1030. The summed E-state index contributed by atoms with van der Waals surface area (Å²) in [7, 11) is 3.34. The number of ether oxygens (including phenoxy) is 1. The molecule has 162 valence electrons. The Morgan fingerprint density at radius 2 is 1.71 bits per heavy atom. The first-order valence-corrected chi connectivity index (χ1v) is 10.9. The quantitative estimate of drug-likeness (QED) is 0.670. The number of imide groups is 1. The molecule has 2 aliphatic rings. The molecule has 6 heteroatoms. The summed E-state index contributed by atoms with van der Waals surface area (Å²) in [6.45, 7) is 1.93. The molecule has 0 radical (unpaired) electrons. The Labute approximate surface area is 182 Å². The highest BCUT2D eigenvalue weighted by molar-refractivity contribution is 6.22. The topological polar surface area (TPSA) is 66.9 Å². The first kappa shape index (κ1) is 21.1. The van der Waals surface area contributed by atoms with Gasteiger partial charge in [-0.3, -0.25) is 19.3 Å². The van der Waals surface area contributed by atoms with Gasteiger partial charge in [0.15, 0.2) is 0 Å². The molecule has 0 N–H and O–H groups in total. The zero-order valence-corrected chi connectivity index (χ0v) is 18.3. The number of amides is 3. The molecule has 1 aliphatic heterocycles. The fraction of sp³-hybridized carbons (Fsp3) is 0.400. The first-order chi connectivity index (χ1) is 14.9. The minimum Gasteiger partial charge on any atom is -0.496 e.